The Morgan fingerprint density at radius 3 is 1.11 bits per heavy atom. The minimum Gasteiger partial charge on any atom is -0.366 e. The highest BCUT2D eigenvalue weighted by Gasteiger charge is 2.32. The van der Waals surface area contributed by atoms with Crippen LogP contribution in [0.1, 0.15) is 139 Å². The monoisotopic (exact) mass is 1720 g/mol. The standard InChI is InChI=1S/2C19H21BrN6O.C19H24N6O2S.C18H21BrN6O2S/c1-13(27)25-7-3-5-15(12-25)17-8-18(22-10-14-4-2-6-21-9-14)26-19(24-17)16(20)11-23-26;1-13(27)25-7-4-15(5-8-25)17-9-18(22-11-14-3-2-6-21-10-14)26-19(24-17)16(20)12-23-26;1-14-10-22-25-18(21-12-15-5-3-7-20-11-15)9-17(23-19(14)25)16-6-4-8-24(13-16)28(2,26)27;1-28(26,27)24-7-4-14(5-8-24)16-9-17(21-11-13-3-2-6-20-10-13)25-18(23-16)15(19)12-22-25/h2,4,6,8-9,11,15,22H,3,5,7,10,12H2,1H3;2-3,6,9-10,12,15,22H,4-5,7-8,11H2,1H3;3,5,7,9-11,16,21H,4,6,8,12-13H2,1-2H3;2-3,6,9-10,12,14,21H,4-5,7-8,11H2,1H3. The number of rotatable bonds is 18. The number of carbonyl (C=O) groups is 2. The number of hydrogen-bond acceptors (Lipinski definition) is 22. The fraction of sp³-hybridized carbons (Fsp3) is 0.387. The molecular formula is C75H87Br3N24O6S2. The van der Waals surface area contributed by atoms with Gasteiger partial charge in [-0.2, -0.15) is 38.5 Å². The molecule has 16 rings (SSSR count). The van der Waals surface area contributed by atoms with Crippen molar-refractivity contribution in [3.8, 4) is 0 Å². The van der Waals surface area contributed by atoms with E-state index in [0.717, 1.165) is 181 Å². The van der Waals surface area contributed by atoms with E-state index in [1.54, 1.807) is 85.6 Å². The molecule has 0 saturated carbocycles. The Labute approximate surface area is 663 Å². The fourth-order valence-corrected chi connectivity index (χ4v) is 16.9. The molecule has 110 heavy (non-hydrogen) atoms. The summed E-state index contributed by atoms with van der Waals surface area (Å²) in [5, 5.41) is 31.5. The highest BCUT2D eigenvalue weighted by Crippen LogP contribution is 2.36. The lowest BCUT2D eigenvalue weighted by Crippen LogP contribution is -2.38. The Kier molecular flexibility index (Phi) is 25.5. The van der Waals surface area contributed by atoms with E-state index in [2.05, 4.69) is 122 Å². The first-order chi connectivity index (χ1) is 53.1. The lowest BCUT2D eigenvalue weighted by Gasteiger charge is -2.32. The van der Waals surface area contributed by atoms with Gasteiger partial charge < -0.3 is 31.1 Å². The number of sulfonamides is 2. The molecule has 12 aromatic rings. The second kappa shape index (κ2) is 35.7. The Hall–Kier alpha value is -9.52. The van der Waals surface area contributed by atoms with Crippen LogP contribution in [0.3, 0.4) is 0 Å². The van der Waals surface area contributed by atoms with E-state index in [-0.39, 0.29) is 29.6 Å². The van der Waals surface area contributed by atoms with Gasteiger partial charge in [0, 0.05) is 207 Å². The average molecular weight is 1720 g/mol. The van der Waals surface area contributed by atoms with E-state index < -0.39 is 20.0 Å². The minimum atomic E-state index is -3.20. The molecule has 4 N–H and O–H groups in total. The summed E-state index contributed by atoms with van der Waals surface area (Å²) in [6.07, 6.45) is 31.1. The van der Waals surface area contributed by atoms with Crippen LogP contribution in [0.5, 0.6) is 0 Å². The van der Waals surface area contributed by atoms with Gasteiger partial charge in [-0.25, -0.2) is 45.4 Å². The van der Waals surface area contributed by atoms with Crippen LogP contribution in [0.15, 0.2) is 161 Å². The Bertz CT molecular complexity index is 5400. The molecule has 4 aliphatic rings. The Morgan fingerprint density at radius 2 is 0.745 bits per heavy atom. The molecule has 2 unspecified atom stereocenters. The summed E-state index contributed by atoms with van der Waals surface area (Å²) in [4.78, 5) is 63.1. The lowest BCUT2D eigenvalue weighted by molar-refractivity contribution is -0.130. The molecule has 4 aliphatic heterocycles. The third kappa shape index (κ3) is 19.6. The molecule has 0 aromatic carbocycles. The number of nitrogens with zero attached hydrogens (tertiary/aromatic N) is 20. The highest BCUT2D eigenvalue weighted by atomic mass is 79.9. The van der Waals surface area contributed by atoms with Gasteiger partial charge in [-0.05, 0) is 153 Å². The van der Waals surface area contributed by atoms with E-state index in [1.807, 2.05) is 107 Å². The molecule has 4 saturated heterocycles. The van der Waals surface area contributed by atoms with Crippen molar-refractivity contribution in [2.45, 2.75) is 122 Å². The van der Waals surface area contributed by atoms with E-state index >= 15 is 0 Å². The first-order valence-electron chi connectivity index (χ1n) is 36.5. The van der Waals surface area contributed by atoms with Crippen molar-refractivity contribution in [3.63, 3.8) is 0 Å². The molecule has 0 aliphatic carbocycles. The molecule has 0 bridgehead atoms. The Morgan fingerprint density at radius 1 is 0.409 bits per heavy atom. The molecule has 576 valence electrons. The number of hydrogen-bond donors (Lipinski definition) is 4. The van der Waals surface area contributed by atoms with E-state index in [9.17, 15) is 26.4 Å². The van der Waals surface area contributed by atoms with Crippen molar-refractivity contribution >= 4 is 126 Å². The number of likely N-dealkylation sites (tertiary alicyclic amines) is 2. The Balaban J connectivity index is 0.000000129. The summed E-state index contributed by atoms with van der Waals surface area (Å²) >= 11 is 10.6. The maximum Gasteiger partial charge on any atom is 0.219 e. The zero-order chi connectivity index (χ0) is 77.1. The summed E-state index contributed by atoms with van der Waals surface area (Å²) in [5.41, 5.74) is 12.3. The SMILES string of the molecule is CC(=O)N1CCC(c2cc(NCc3cccnc3)n3ncc(Br)c3n2)CC1.CC(=O)N1CCCC(c2cc(NCc3cccnc3)n3ncc(Br)c3n2)C1.CS(=O)(=O)N1CCC(c2cc(NCc3cccnc3)n3ncc(Br)c3n2)CC1.Cc1cnn2c(NCc3cccnc3)cc(C3CCCN(S(C)(=O)=O)C3)nc12. The quantitative estimate of drug-likeness (QED) is 0.0620. The summed E-state index contributed by atoms with van der Waals surface area (Å²) in [5.74, 6) is 4.59. The number of fused-ring (bicyclic) bond motifs is 4. The van der Waals surface area contributed by atoms with Crippen LogP contribution in [-0.2, 0) is 55.8 Å². The predicted molar refractivity (Wildman–Crippen MR) is 431 cm³/mol. The van der Waals surface area contributed by atoms with Crippen molar-refractivity contribution < 1.29 is 26.4 Å². The topological polar surface area (TPSA) is 336 Å². The minimum absolute atomic E-state index is 0.0710. The zero-order valence-electron chi connectivity index (χ0n) is 61.7. The van der Waals surface area contributed by atoms with Gasteiger partial charge in [-0.15, -0.1) is 0 Å². The van der Waals surface area contributed by atoms with E-state index in [4.69, 9.17) is 19.9 Å². The molecule has 4 fully saturated rings. The van der Waals surface area contributed by atoms with Crippen LogP contribution in [0.25, 0.3) is 22.6 Å². The van der Waals surface area contributed by atoms with Gasteiger partial charge in [-0.3, -0.25) is 29.5 Å². The van der Waals surface area contributed by atoms with Crippen molar-refractivity contribution in [3.05, 3.63) is 211 Å². The maximum absolute atomic E-state index is 12.0. The molecule has 2 amide bonds. The van der Waals surface area contributed by atoms with Crippen LogP contribution in [0.2, 0.25) is 0 Å². The van der Waals surface area contributed by atoms with E-state index in [0.29, 0.717) is 64.8 Å². The second-order valence-corrected chi connectivity index (χ2v) is 34.4. The van der Waals surface area contributed by atoms with Crippen molar-refractivity contribution in [2.24, 2.45) is 0 Å². The molecule has 2 atom stereocenters. The van der Waals surface area contributed by atoms with Gasteiger partial charge in [0.2, 0.25) is 31.9 Å². The number of aryl methyl sites for hydroxylation is 1. The number of pyridine rings is 4. The van der Waals surface area contributed by atoms with Crippen LogP contribution >= 0.6 is 47.8 Å². The van der Waals surface area contributed by atoms with Crippen LogP contribution < -0.4 is 21.3 Å². The third-order valence-electron chi connectivity index (χ3n) is 20.1. The summed E-state index contributed by atoms with van der Waals surface area (Å²) in [6.45, 7) is 13.0. The zero-order valence-corrected chi connectivity index (χ0v) is 68.0. The summed E-state index contributed by atoms with van der Waals surface area (Å²) < 4.78 is 60.3. The molecular weight excluding hydrogens is 1640 g/mol. The second-order valence-electron chi connectivity index (χ2n) is 27.9. The molecule has 12 aromatic heterocycles. The van der Waals surface area contributed by atoms with Crippen LogP contribution in [0, 0.1) is 6.92 Å². The number of aromatic nitrogens is 16. The van der Waals surface area contributed by atoms with Gasteiger partial charge in [0.05, 0.1) is 62.1 Å². The number of amides is 2. The van der Waals surface area contributed by atoms with Crippen LogP contribution in [0.4, 0.5) is 23.3 Å². The molecule has 30 nitrogen and oxygen atoms in total. The average Bonchev–Trinajstić information content (AvgIpc) is 1.54. The van der Waals surface area contributed by atoms with Gasteiger partial charge in [0.1, 0.15) is 23.3 Å². The van der Waals surface area contributed by atoms with Crippen molar-refractivity contribution in [1.82, 2.24) is 96.7 Å². The number of anilines is 4. The lowest BCUT2D eigenvalue weighted by atomic mass is 9.93. The maximum atomic E-state index is 12.0. The van der Waals surface area contributed by atoms with Crippen LogP contribution in [-0.4, -0.2) is 190 Å². The fourth-order valence-electron chi connectivity index (χ4n) is 14.0. The van der Waals surface area contributed by atoms with Gasteiger partial charge in [0.15, 0.2) is 22.6 Å². The first-order valence-corrected chi connectivity index (χ1v) is 42.5. The molecule has 35 heteroatoms. The van der Waals surface area contributed by atoms with Crippen molar-refractivity contribution in [2.75, 3.05) is 86.1 Å². The summed E-state index contributed by atoms with van der Waals surface area (Å²) in [6, 6.07) is 23.9. The normalized spacial score (nSPS) is 16.9. The van der Waals surface area contributed by atoms with E-state index in [1.165, 1.54) is 12.5 Å². The first kappa shape index (κ1) is 78.6. The highest BCUT2D eigenvalue weighted by molar-refractivity contribution is 9.11. The molecule has 0 spiro atoms. The number of nitrogens with one attached hydrogen (secondary N) is 4. The number of carbonyl (C=O) groups excluding carboxylic acids is 2. The molecule has 0 radical (unpaired) electrons. The molecule has 16 heterocycles. The van der Waals surface area contributed by atoms with Gasteiger partial charge >= 0.3 is 0 Å². The largest absolute Gasteiger partial charge is 0.366 e. The van der Waals surface area contributed by atoms with Crippen molar-refractivity contribution in [1.29, 1.82) is 0 Å². The van der Waals surface area contributed by atoms with Gasteiger partial charge in [0.25, 0.3) is 0 Å². The summed E-state index contributed by atoms with van der Waals surface area (Å²) in [7, 11) is -6.34. The smallest absolute Gasteiger partial charge is 0.219 e. The van der Waals surface area contributed by atoms with Gasteiger partial charge in [-0.1, -0.05) is 24.3 Å². The number of piperidine rings is 4. The third-order valence-corrected chi connectivity index (χ3v) is 24.3. The number of halogens is 3. The predicted octanol–water partition coefficient (Wildman–Crippen LogP) is 11.3.